The first kappa shape index (κ1) is 13.5. The molecule has 2 unspecified atom stereocenters. The molecule has 1 aliphatic rings. The van der Waals surface area contributed by atoms with Gasteiger partial charge in [0.1, 0.15) is 0 Å². The molecule has 1 aromatic carbocycles. The molecule has 1 saturated heterocycles. The first-order valence-electron chi connectivity index (χ1n) is 6.34. The standard InChI is InChI=1S/C13H20N2O2S/c1-11-13(8-5-9-14-11)15-18(16,17)10-12-6-3-2-4-7-12/h2-4,6-7,11,13-15H,5,8-10H2,1H3. The second kappa shape index (κ2) is 5.82. The fourth-order valence-electron chi connectivity index (χ4n) is 2.27. The van der Waals surface area contributed by atoms with E-state index < -0.39 is 10.0 Å². The van der Waals surface area contributed by atoms with Crippen LogP contribution in [0.4, 0.5) is 0 Å². The Bertz CT molecular complexity index is 473. The minimum atomic E-state index is -3.26. The van der Waals surface area contributed by atoms with Crippen molar-refractivity contribution in [3.63, 3.8) is 0 Å². The molecular weight excluding hydrogens is 248 g/mol. The highest BCUT2D eigenvalue weighted by molar-refractivity contribution is 7.88. The van der Waals surface area contributed by atoms with Crippen molar-refractivity contribution < 1.29 is 8.42 Å². The third-order valence-electron chi connectivity index (χ3n) is 3.29. The number of benzene rings is 1. The number of sulfonamides is 1. The lowest BCUT2D eigenvalue weighted by atomic mass is 10.0. The van der Waals surface area contributed by atoms with E-state index in [0.717, 1.165) is 24.9 Å². The summed E-state index contributed by atoms with van der Waals surface area (Å²) in [4.78, 5) is 0. The lowest BCUT2D eigenvalue weighted by molar-refractivity contribution is 0.348. The van der Waals surface area contributed by atoms with E-state index in [1.54, 1.807) is 0 Å². The van der Waals surface area contributed by atoms with Crippen LogP contribution in [0.5, 0.6) is 0 Å². The van der Waals surface area contributed by atoms with Crippen molar-refractivity contribution in [2.24, 2.45) is 0 Å². The fraction of sp³-hybridized carbons (Fsp3) is 0.538. The fourth-order valence-corrected chi connectivity index (χ4v) is 3.77. The first-order chi connectivity index (χ1) is 8.57. The number of rotatable bonds is 4. The molecule has 0 aliphatic carbocycles. The van der Waals surface area contributed by atoms with E-state index in [-0.39, 0.29) is 17.8 Å². The Morgan fingerprint density at radius 3 is 2.72 bits per heavy atom. The van der Waals surface area contributed by atoms with Gasteiger partial charge in [-0.05, 0) is 31.9 Å². The Balaban J connectivity index is 1.99. The molecule has 2 N–H and O–H groups in total. The molecule has 0 spiro atoms. The SMILES string of the molecule is CC1NCCCC1NS(=O)(=O)Cc1ccccc1. The molecule has 2 atom stereocenters. The zero-order valence-electron chi connectivity index (χ0n) is 10.6. The monoisotopic (exact) mass is 268 g/mol. The Morgan fingerprint density at radius 2 is 2.06 bits per heavy atom. The van der Waals surface area contributed by atoms with E-state index in [2.05, 4.69) is 10.0 Å². The maximum Gasteiger partial charge on any atom is 0.216 e. The molecule has 1 fully saturated rings. The summed E-state index contributed by atoms with van der Waals surface area (Å²) < 4.78 is 27.0. The van der Waals surface area contributed by atoms with E-state index in [0.29, 0.717) is 0 Å². The van der Waals surface area contributed by atoms with Crippen molar-refractivity contribution in [3.05, 3.63) is 35.9 Å². The van der Waals surface area contributed by atoms with Crippen LogP contribution in [0.1, 0.15) is 25.3 Å². The molecule has 1 aliphatic heterocycles. The Hall–Kier alpha value is -0.910. The number of hydrogen-bond donors (Lipinski definition) is 2. The molecule has 18 heavy (non-hydrogen) atoms. The van der Waals surface area contributed by atoms with Gasteiger partial charge in [0.2, 0.25) is 10.0 Å². The lowest BCUT2D eigenvalue weighted by Gasteiger charge is -2.30. The smallest absolute Gasteiger partial charge is 0.216 e. The summed E-state index contributed by atoms with van der Waals surface area (Å²) >= 11 is 0. The molecule has 4 nitrogen and oxygen atoms in total. The van der Waals surface area contributed by atoms with Crippen molar-refractivity contribution in [1.29, 1.82) is 0 Å². The van der Waals surface area contributed by atoms with E-state index in [1.807, 2.05) is 37.3 Å². The van der Waals surface area contributed by atoms with Crippen LogP contribution in [0.2, 0.25) is 0 Å². The largest absolute Gasteiger partial charge is 0.313 e. The molecule has 0 amide bonds. The summed E-state index contributed by atoms with van der Waals surface area (Å²) in [5, 5.41) is 3.29. The van der Waals surface area contributed by atoms with Crippen LogP contribution in [0.25, 0.3) is 0 Å². The van der Waals surface area contributed by atoms with E-state index >= 15 is 0 Å². The molecule has 1 heterocycles. The van der Waals surface area contributed by atoms with Gasteiger partial charge in [0, 0.05) is 12.1 Å². The quantitative estimate of drug-likeness (QED) is 0.864. The predicted molar refractivity (Wildman–Crippen MR) is 72.7 cm³/mol. The zero-order valence-corrected chi connectivity index (χ0v) is 11.4. The van der Waals surface area contributed by atoms with Gasteiger partial charge in [-0.2, -0.15) is 0 Å². The van der Waals surface area contributed by atoms with Gasteiger partial charge in [0.15, 0.2) is 0 Å². The van der Waals surface area contributed by atoms with Crippen molar-refractivity contribution in [3.8, 4) is 0 Å². The predicted octanol–water partition coefficient (Wildman–Crippen LogP) is 1.25. The van der Waals surface area contributed by atoms with Crippen molar-refractivity contribution in [2.75, 3.05) is 6.54 Å². The van der Waals surface area contributed by atoms with Gasteiger partial charge in [-0.1, -0.05) is 30.3 Å². The minimum absolute atomic E-state index is 0.00691. The van der Waals surface area contributed by atoms with Gasteiger partial charge >= 0.3 is 0 Å². The molecule has 5 heteroatoms. The first-order valence-corrected chi connectivity index (χ1v) is 7.99. The minimum Gasteiger partial charge on any atom is -0.313 e. The van der Waals surface area contributed by atoms with Gasteiger partial charge in [-0.25, -0.2) is 13.1 Å². The molecule has 1 aromatic rings. The highest BCUT2D eigenvalue weighted by atomic mass is 32.2. The Kier molecular flexibility index (Phi) is 4.37. The third kappa shape index (κ3) is 3.80. The molecule has 2 rings (SSSR count). The molecular formula is C13H20N2O2S. The summed E-state index contributed by atoms with van der Waals surface area (Å²) in [6.45, 7) is 2.99. The van der Waals surface area contributed by atoms with Gasteiger partial charge in [0.25, 0.3) is 0 Å². The lowest BCUT2D eigenvalue weighted by Crippen LogP contribution is -2.52. The maximum atomic E-state index is 12.1. The van der Waals surface area contributed by atoms with E-state index in [1.165, 1.54) is 0 Å². The van der Waals surface area contributed by atoms with Gasteiger partial charge in [0.05, 0.1) is 5.75 Å². The van der Waals surface area contributed by atoms with Crippen LogP contribution >= 0.6 is 0 Å². The van der Waals surface area contributed by atoms with Crippen molar-refractivity contribution in [2.45, 2.75) is 37.6 Å². The molecule has 0 saturated carbocycles. The highest BCUT2D eigenvalue weighted by Crippen LogP contribution is 2.11. The van der Waals surface area contributed by atoms with Gasteiger partial charge in [-0.3, -0.25) is 0 Å². The average molecular weight is 268 g/mol. The van der Waals surface area contributed by atoms with Crippen molar-refractivity contribution >= 4 is 10.0 Å². The maximum absolute atomic E-state index is 12.1. The molecule has 0 radical (unpaired) electrons. The van der Waals surface area contributed by atoms with Crippen LogP contribution in [0.3, 0.4) is 0 Å². The van der Waals surface area contributed by atoms with Crippen LogP contribution in [-0.4, -0.2) is 27.0 Å². The zero-order chi connectivity index (χ0) is 13.0. The summed E-state index contributed by atoms with van der Waals surface area (Å²) in [6.07, 6.45) is 1.92. The summed E-state index contributed by atoms with van der Waals surface area (Å²) in [6, 6.07) is 9.47. The summed E-state index contributed by atoms with van der Waals surface area (Å²) in [7, 11) is -3.26. The number of nitrogens with one attached hydrogen (secondary N) is 2. The molecule has 100 valence electrons. The van der Waals surface area contributed by atoms with Gasteiger partial charge < -0.3 is 5.32 Å². The topological polar surface area (TPSA) is 58.2 Å². The number of piperidine rings is 1. The average Bonchev–Trinajstić information content (AvgIpc) is 2.32. The molecule has 0 aromatic heterocycles. The second-order valence-corrected chi connectivity index (χ2v) is 6.61. The number of hydrogen-bond acceptors (Lipinski definition) is 3. The highest BCUT2D eigenvalue weighted by Gasteiger charge is 2.25. The van der Waals surface area contributed by atoms with Gasteiger partial charge in [-0.15, -0.1) is 0 Å². The van der Waals surface area contributed by atoms with Crippen molar-refractivity contribution in [1.82, 2.24) is 10.0 Å². The van der Waals surface area contributed by atoms with Crippen LogP contribution < -0.4 is 10.0 Å². The second-order valence-electron chi connectivity index (χ2n) is 4.85. The normalized spacial score (nSPS) is 24.9. The van der Waals surface area contributed by atoms with Crippen LogP contribution in [-0.2, 0) is 15.8 Å². The van der Waals surface area contributed by atoms with Crippen LogP contribution in [0, 0.1) is 0 Å². The summed E-state index contributed by atoms with van der Waals surface area (Å²) in [5.41, 5.74) is 0.821. The Morgan fingerprint density at radius 1 is 1.33 bits per heavy atom. The van der Waals surface area contributed by atoms with E-state index in [9.17, 15) is 8.42 Å². The summed E-state index contributed by atoms with van der Waals surface area (Å²) in [5.74, 6) is 0.0526. The molecule has 0 bridgehead atoms. The Labute approximate surface area is 109 Å². The van der Waals surface area contributed by atoms with Crippen LogP contribution in [0.15, 0.2) is 30.3 Å². The van der Waals surface area contributed by atoms with E-state index in [4.69, 9.17) is 0 Å². The third-order valence-corrected chi connectivity index (χ3v) is 4.67.